The van der Waals surface area contributed by atoms with Gasteiger partial charge in [0.15, 0.2) is 0 Å². The van der Waals surface area contributed by atoms with E-state index in [1.165, 1.54) is 0 Å². The minimum Gasteiger partial charge on any atom is -0.475 e. The minimum atomic E-state index is 0.0326. The molecular weight excluding hydrogens is 288 g/mol. The van der Waals surface area contributed by atoms with Gasteiger partial charge in [-0.25, -0.2) is 4.98 Å². The number of nitrogens with zero attached hydrogens (tertiary/aromatic N) is 2. The van der Waals surface area contributed by atoms with Gasteiger partial charge in [-0.05, 0) is 44.9 Å². The highest BCUT2D eigenvalue weighted by atomic mass is 16.5. The number of carbonyl (C=O) groups is 1. The monoisotopic (exact) mass is 310 g/mol. The van der Waals surface area contributed by atoms with Gasteiger partial charge in [-0.2, -0.15) is 0 Å². The zero-order valence-electron chi connectivity index (χ0n) is 13.6. The molecule has 23 heavy (non-hydrogen) atoms. The lowest BCUT2D eigenvalue weighted by atomic mass is 10.1. The first kappa shape index (κ1) is 15.5. The normalized spacial score (nSPS) is 17.5. The van der Waals surface area contributed by atoms with Crippen molar-refractivity contribution in [2.45, 2.75) is 38.8 Å². The molecule has 1 fully saturated rings. The number of ether oxygens (including phenoxy) is 1. The molecule has 0 bridgehead atoms. The van der Waals surface area contributed by atoms with E-state index >= 15 is 0 Å². The standard InChI is InChI=1S/C19H22N2O2/c1-14(2)23-18-16(10-6-12-20-18)17-11-7-13-21(17)19(22)15-8-4-3-5-9-15/h3-6,8-10,12,14,17H,7,11,13H2,1-2H3/t17-/m0/s1. The van der Waals surface area contributed by atoms with E-state index in [9.17, 15) is 4.79 Å². The number of aromatic nitrogens is 1. The Bertz CT molecular complexity index is 670. The zero-order chi connectivity index (χ0) is 16.2. The van der Waals surface area contributed by atoms with Gasteiger partial charge in [0, 0.05) is 23.9 Å². The van der Waals surface area contributed by atoms with Crippen molar-refractivity contribution < 1.29 is 9.53 Å². The van der Waals surface area contributed by atoms with Crippen LogP contribution in [-0.2, 0) is 0 Å². The second-order valence-electron chi connectivity index (χ2n) is 6.09. The molecule has 1 amide bonds. The summed E-state index contributed by atoms with van der Waals surface area (Å²) >= 11 is 0. The van der Waals surface area contributed by atoms with Gasteiger partial charge in [0.05, 0.1) is 12.1 Å². The Kier molecular flexibility index (Phi) is 4.60. The fraction of sp³-hybridized carbons (Fsp3) is 0.368. The first-order valence-electron chi connectivity index (χ1n) is 8.14. The predicted molar refractivity (Wildman–Crippen MR) is 89.5 cm³/mol. The molecule has 120 valence electrons. The number of likely N-dealkylation sites (tertiary alicyclic amines) is 1. The average molecular weight is 310 g/mol. The quantitative estimate of drug-likeness (QED) is 0.861. The van der Waals surface area contributed by atoms with Crippen LogP contribution in [0.15, 0.2) is 48.7 Å². The third-order valence-electron chi connectivity index (χ3n) is 4.04. The van der Waals surface area contributed by atoms with Crippen LogP contribution in [0.5, 0.6) is 5.88 Å². The fourth-order valence-corrected chi connectivity index (χ4v) is 3.06. The summed E-state index contributed by atoms with van der Waals surface area (Å²) in [5.41, 5.74) is 1.73. The summed E-state index contributed by atoms with van der Waals surface area (Å²) in [5.74, 6) is 0.715. The number of rotatable bonds is 4. The van der Waals surface area contributed by atoms with Gasteiger partial charge >= 0.3 is 0 Å². The van der Waals surface area contributed by atoms with Gasteiger partial charge in [0.1, 0.15) is 0 Å². The van der Waals surface area contributed by atoms with Crippen LogP contribution in [0, 0.1) is 0 Å². The van der Waals surface area contributed by atoms with E-state index in [1.54, 1.807) is 6.20 Å². The molecule has 1 atom stereocenters. The zero-order valence-corrected chi connectivity index (χ0v) is 13.6. The molecule has 2 heterocycles. The van der Waals surface area contributed by atoms with Crippen molar-refractivity contribution in [1.82, 2.24) is 9.88 Å². The summed E-state index contributed by atoms with van der Waals surface area (Å²) in [4.78, 5) is 19.1. The SMILES string of the molecule is CC(C)Oc1ncccc1[C@@H]1CCCN1C(=O)c1ccccc1. The molecule has 0 saturated carbocycles. The Hall–Kier alpha value is -2.36. The van der Waals surface area contributed by atoms with Crippen molar-refractivity contribution in [3.8, 4) is 5.88 Å². The summed E-state index contributed by atoms with van der Waals surface area (Å²) in [5, 5.41) is 0. The molecule has 1 aromatic heterocycles. The number of pyridine rings is 1. The molecule has 3 rings (SSSR count). The Morgan fingerprint density at radius 2 is 2.00 bits per heavy atom. The first-order valence-corrected chi connectivity index (χ1v) is 8.14. The van der Waals surface area contributed by atoms with E-state index in [0.29, 0.717) is 5.88 Å². The van der Waals surface area contributed by atoms with Crippen LogP contribution in [0.4, 0.5) is 0 Å². The number of benzene rings is 1. The minimum absolute atomic E-state index is 0.0326. The maximum atomic E-state index is 12.8. The van der Waals surface area contributed by atoms with Crippen LogP contribution in [0.3, 0.4) is 0 Å². The smallest absolute Gasteiger partial charge is 0.254 e. The van der Waals surface area contributed by atoms with Gasteiger partial charge in [0.2, 0.25) is 5.88 Å². The van der Waals surface area contributed by atoms with Gasteiger partial charge in [-0.15, -0.1) is 0 Å². The Morgan fingerprint density at radius 1 is 1.22 bits per heavy atom. The maximum Gasteiger partial charge on any atom is 0.254 e. The van der Waals surface area contributed by atoms with Crippen LogP contribution >= 0.6 is 0 Å². The van der Waals surface area contributed by atoms with Crippen molar-refractivity contribution in [2.24, 2.45) is 0 Å². The van der Waals surface area contributed by atoms with E-state index < -0.39 is 0 Å². The molecule has 0 N–H and O–H groups in total. The molecule has 2 aromatic rings. The van der Waals surface area contributed by atoms with Crippen LogP contribution in [0.2, 0.25) is 0 Å². The summed E-state index contributed by atoms with van der Waals surface area (Å²) < 4.78 is 5.84. The number of carbonyl (C=O) groups excluding carboxylic acids is 1. The van der Waals surface area contributed by atoms with E-state index in [4.69, 9.17) is 4.74 Å². The third-order valence-corrected chi connectivity index (χ3v) is 4.04. The molecule has 0 spiro atoms. The van der Waals surface area contributed by atoms with Crippen LogP contribution in [0.1, 0.15) is 48.7 Å². The molecule has 0 unspecified atom stereocenters. The molecule has 1 aliphatic rings. The second-order valence-corrected chi connectivity index (χ2v) is 6.09. The molecule has 0 radical (unpaired) electrons. The van der Waals surface area contributed by atoms with Crippen molar-refractivity contribution in [1.29, 1.82) is 0 Å². The lowest BCUT2D eigenvalue weighted by Crippen LogP contribution is -2.31. The van der Waals surface area contributed by atoms with E-state index in [1.807, 2.05) is 61.2 Å². The number of hydrogen-bond acceptors (Lipinski definition) is 3. The van der Waals surface area contributed by atoms with E-state index in [2.05, 4.69) is 4.98 Å². The Morgan fingerprint density at radius 3 is 2.74 bits per heavy atom. The highest BCUT2D eigenvalue weighted by Gasteiger charge is 2.32. The third kappa shape index (κ3) is 3.36. The van der Waals surface area contributed by atoms with E-state index in [-0.39, 0.29) is 18.1 Å². The molecule has 1 saturated heterocycles. The van der Waals surface area contributed by atoms with Crippen molar-refractivity contribution in [3.63, 3.8) is 0 Å². The predicted octanol–water partition coefficient (Wildman–Crippen LogP) is 3.85. The molecular formula is C19H22N2O2. The average Bonchev–Trinajstić information content (AvgIpc) is 3.04. The van der Waals surface area contributed by atoms with Gasteiger partial charge in [-0.1, -0.05) is 24.3 Å². The molecule has 1 aliphatic heterocycles. The lowest BCUT2D eigenvalue weighted by Gasteiger charge is -2.26. The molecule has 4 nitrogen and oxygen atoms in total. The maximum absolute atomic E-state index is 12.8. The molecule has 0 aliphatic carbocycles. The van der Waals surface area contributed by atoms with Crippen LogP contribution < -0.4 is 4.74 Å². The molecule has 1 aromatic carbocycles. The van der Waals surface area contributed by atoms with Crippen LogP contribution in [0.25, 0.3) is 0 Å². The number of amides is 1. The summed E-state index contributed by atoms with van der Waals surface area (Å²) in [7, 11) is 0. The van der Waals surface area contributed by atoms with Crippen LogP contribution in [-0.4, -0.2) is 28.4 Å². The lowest BCUT2D eigenvalue weighted by molar-refractivity contribution is 0.0732. The topological polar surface area (TPSA) is 42.4 Å². The second kappa shape index (κ2) is 6.82. The van der Waals surface area contributed by atoms with Gasteiger partial charge in [0.25, 0.3) is 5.91 Å². The summed E-state index contributed by atoms with van der Waals surface area (Å²) in [6, 6.07) is 13.4. The van der Waals surface area contributed by atoms with Crippen molar-refractivity contribution in [3.05, 3.63) is 59.8 Å². The Balaban J connectivity index is 1.89. The Labute approximate surface area is 137 Å². The molecule has 4 heteroatoms. The van der Waals surface area contributed by atoms with Crippen molar-refractivity contribution in [2.75, 3.05) is 6.54 Å². The first-order chi connectivity index (χ1) is 11.2. The largest absolute Gasteiger partial charge is 0.475 e. The fourth-order valence-electron chi connectivity index (χ4n) is 3.06. The summed E-state index contributed by atoms with van der Waals surface area (Å²) in [6.07, 6.45) is 3.74. The number of hydrogen-bond donors (Lipinski definition) is 0. The van der Waals surface area contributed by atoms with Gasteiger partial charge < -0.3 is 9.64 Å². The van der Waals surface area contributed by atoms with Gasteiger partial charge in [-0.3, -0.25) is 4.79 Å². The van der Waals surface area contributed by atoms with E-state index in [0.717, 1.165) is 30.5 Å². The van der Waals surface area contributed by atoms with Crippen molar-refractivity contribution >= 4 is 5.91 Å². The summed E-state index contributed by atoms with van der Waals surface area (Å²) in [6.45, 7) is 4.74. The highest BCUT2D eigenvalue weighted by Crippen LogP contribution is 2.37. The highest BCUT2D eigenvalue weighted by molar-refractivity contribution is 5.94.